The average Bonchev–Trinajstić information content (AvgIpc) is 2.68. The fourth-order valence-corrected chi connectivity index (χ4v) is 1.70. The summed E-state index contributed by atoms with van der Waals surface area (Å²) >= 11 is 0. The van der Waals surface area contributed by atoms with Crippen LogP contribution < -0.4 is 11.1 Å². The number of aromatic nitrogens is 2. The van der Waals surface area contributed by atoms with Crippen LogP contribution in [0, 0.1) is 0 Å². The molecule has 8 nitrogen and oxygen atoms in total. The molecule has 3 N–H and O–H groups in total. The molecule has 0 saturated carbocycles. The second-order valence-electron chi connectivity index (χ2n) is 3.92. The van der Waals surface area contributed by atoms with Gasteiger partial charge in [-0.05, 0) is 6.92 Å². The molecule has 1 aromatic rings. The molecule has 2 rings (SSSR count). The molecule has 0 unspecified atom stereocenters. The number of imide groups is 1. The monoisotopic (exact) mass is 251 g/mol. The van der Waals surface area contributed by atoms with Crippen molar-refractivity contribution in [2.24, 2.45) is 0 Å². The number of carbonyl (C=O) groups excluding carboxylic acids is 3. The van der Waals surface area contributed by atoms with Crippen LogP contribution in [0.1, 0.15) is 17.4 Å². The molecule has 3 amide bonds. The Bertz CT molecular complexity index is 506. The second-order valence-corrected chi connectivity index (χ2v) is 3.92. The first kappa shape index (κ1) is 12.1. The van der Waals surface area contributed by atoms with E-state index < -0.39 is 17.7 Å². The van der Waals surface area contributed by atoms with Crippen molar-refractivity contribution in [1.82, 2.24) is 20.0 Å². The molecule has 0 aliphatic carbocycles. The van der Waals surface area contributed by atoms with E-state index >= 15 is 0 Å². The highest BCUT2D eigenvalue weighted by atomic mass is 16.2. The summed E-state index contributed by atoms with van der Waals surface area (Å²) in [4.78, 5) is 35.6. The fourth-order valence-electron chi connectivity index (χ4n) is 1.70. The third-order valence-corrected chi connectivity index (χ3v) is 2.55. The minimum atomic E-state index is -0.511. The van der Waals surface area contributed by atoms with Gasteiger partial charge in [0.15, 0.2) is 5.69 Å². The summed E-state index contributed by atoms with van der Waals surface area (Å²) in [7, 11) is 0. The molecule has 8 heteroatoms. The first-order valence-electron chi connectivity index (χ1n) is 5.46. The zero-order valence-corrected chi connectivity index (χ0v) is 9.84. The molecule has 0 bridgehead atoms. The molecular formula is C10H13N5O3. The average molecular weight is 251 g/mol. The molecule has 96 valence electrons. The predicted octanol–water partition coefficient (Wildman–Crippen LogP) is -1.42. The standard InChI is InChI=1S/C10H13N5O3/c1-2-15-3-6(11)9(13-15)10(18)14-4-7(16)12-8(17)5-14/h3H,2,4-5,11H2,1H3,(H,12,16,17). The van der Waals surface area contributed by atoms with Gasteiger partial charge in [0.2, 0.25) is 11.8 Å². The second kappa shape index (κ2) is 4.47. The Morgan fingerprint density at radius 2 is 2.06 bits per heavy atom. The summed E-state index contributed by atoms with van der Waals surface area (Å²) < 4.78 is 1.52. The first-order valence-corrected chi connectivity index (χ1v) is 5.46. The summed E-state index contributed by atoms with van der Waals surface area (Å²) in [5, 5.41) is 6.13. The molecule has 1 aliphatic rings. The van der Waals surface area contributed by atoms with E-state index in [1.54, 1.807) is 6.20 Å². The van der Waals surface area contributed by atoms with E-state index in [0.717, 1.165) is 4.90 Å². The van der Waals surface area contributed by atoms with Gasteiger partial charge >= 0.3 is 0 Å². The number of nitrogens with two attached hydrogens (primary N) is 1. The van der Waals surface area contributed by atoms with E-state index in [1.165, 1.54) is 4.68 Å². The van der Waals surface area contributed by atoms with Crippen LogP contribution in [0.15, 0.2) is 6.20 Å². The van der Waals surface area contributed by atoms with Crippen LogP contribution in [-0.4, -0.2) is 45.5 Å². The van der Waals surface area contributed by atoms with Gasteiger partial charge in [-0.3, -0.25) is 24.4 Å². The minimum Gasteiger partial charge on any atom is -0.396 e. The third kappa shape index (κ3) is 2.17. The van der Waals surface area contributed by atoms with Crippen LogP contribution in [0.2, 0.25) is 0 Å². The highest BCUT2D eigenvalue weighted by Gasteiger charge is 2.29. The molecule has 0 radical (unpaired) electrons. The number of hydrogen-bond acceptors (Lipinski definition) is 5. The van der Waals surface area contributed by atoms with Crippen molar-refractivity contribution in [3.8, 4) is 0 Å². The SMILES string of the molecule is CCn1cc(N)c(C(=O)N2CC(=O)NC(=O)C2)n1. The summed E-state index contributed by atoms with van der Waals surface area (Å²) in [6.45, 7) is 2.11. The molecule has 18 heavy (non-hydrogen) atoms. The van der Waals surface area contributed by atoms with Crippen LogP contribution >= 0.6 is 0 Å². The Balaban J connectivity index is 2.22. The van der Waals surface area contributed by atoms with Crippen LogP contribution in [0.5, 0.6) is 0 Å². The Morgan fingerprint density at radius 3 is 2.56 bits per heavy atom. The Morgan fingerprint density at radius 1 is 1.44 bits per heavy atom. The van der Waals surface area contributed by atoms with Crippen molar-refractivity contribution in [3.63, 3.8) is 0 Å². The number of hydrogen-bond donors (Lipinski definition) is 2. The zero-order chi connectivity index (χ0) is 13.3. The predicted molar refractivity (Wildman–Crippen MR) is 61.4 cm³/mol. The van der Waals surface area contributed by atoms with Crippen molar-refractivity contribution in [2.75, 3.05) is 18.8 Å². The first-order chi connectivity index (χ1) is 8.51. The molecule has 2 heterocycles. The molecule has 1 aromatic heterocycles. The number of amides is 3. The normalized spacial score (nSPS) is 15.7. The van der Waals surface area contributed by atoms with E-state index in [1.807, 2.05) is 6.92 Å². The lowest BCUT2D eigenvalue weighted by molar-refractivity contribution is -0.135. The smallest absolute Gasteiger partial charge is 0.277 e. The number of anilines is 1. The number of nitrogen functional groups attached to an aromatic ring is 1. The Kier molecular flexibility index (Phi) is 3.00. The van der Waals surface area contributed by atoms with E-state index in [2.05, 4.69) is 10.4 Å². The van der Waals surface area contributed by atoms with E-state index in [0.29, 0.717) is 6.54 Å². The molecule has 0 aromatic carbocycles. The van der Waals surface area contributed by atoms with Gasteiger partial charge in [-0.2, -0.15) is 5.10 Å². The summed E-state index contributed by atoms with van der Waals surface area (Å²) in [6, 6.07) is 0. The van der Waals surface area contributed by atoms with Gasteiger partial charge in [0.05, 0.1) is 5.69 Å². The fraction of sp³-hybridized carbons (Fsp3) is 0.400. The zero-order valence-electron chi connectivity index (χ0n) is 9.84. The van der Waals surface area contributed by atoms with Crippen molar-refractivity contribution in [2.45, 2.75) is 13.5 Å². The van der Waals surface area contributed by atoms with Crippen molar-refractivity contribution in [1.29, 1.82) is 0 Å². The van der Waals surface area contributed by atoms with Gasteiger partial charge in [0, 0.05) is 12.7 Å². The molecule has 0 spiro atoms. The van der Waals surface area contributed by atoms with Gasteiger partial charge in [-0.25, -0.2) is 0 Å². The van der Waals surface area contributed by atoms with Crippen LogP contribution in [0.4, 0.5) is 5.69 Å². The van der Waals surface area contributed by atoms with Crippen molar-refractivity contribution >= 4 is 23.4 Å². The van der Waals surface area contributed by atoms with Crippen molar-refractivity contribution in [3.05, 3.63) is 11.9 Å². The molecular weight excluding hydrogens is 238 g/mol. The maximum atomic E-state index is 12.1. The number of nitrogens with zero attached hydrogens (tertiary/aromatic N) is 3. The summed E-state index contributed by atoms with van der Waals surface area (Å²) in [5.41, 5.74) is 5.98. The summed E-state index contributed by atoms with van der Waals surface area (Å²) in [6.07, 6.45) is 1.54. The van der Waals surface area contributed by atoms with Crippen LogP contribution in [0.25, 0.3) is 0 Å². The maximum Gasteiger partial charge on any atom is 0.277 e. The van der Waals surface area contributed by atoms with Crippen LogP contribution in [0.3, 0.4) is 0 Å². The number of aryl methyl sites for hydroxylation is 1. The Labute approximate surface area is 103 Å². The quantitative estimate of drug-likeness (QED) is 0.627. The van der Waals surface area contributed by atoms with E-state index in [4.69, 9.17) is 5.73 Å². The van der Waals surface area contributed by atoms with Gasteiger partial charge in [-0.15, -0.1) is 0 Å². The van der Waals surface area contributed by atoms with E-state index in [-0.39, 0.29) is 24.5 Å². The number of piperazine rings is 1. The topological polar surface area (TPSA) is 110 Å². The Hall–Kier alpha value is -2.38. The number of carbonyl (C=O) groups is 3. The number of rotatable bonds is 2. The van der Waals surface area contributed by atoms with Gasteiger partial charge in [0.25, 0.3) is 5.91 Å². The highest BCUT2D eigenvalue weighted by molar-refractivity contribution is 6.06. The van der Waals surface area contributed by atoms with Crippen LogP contribution in [-0.2, 0) is 16.1 Å². The molecule has 1 fully saturated rings. The molecule has 1 saturated heterocycles. The maximum absolute atomic E-state index is 12.1. The highest BCUT2D eigenvalue weighted by Crippen LogP contribution is 2.12. The van der Waals surface area contributed by atoms with Gasteiger partial charge in [-0.1, -0.05) is 0 Å². The lowest BCUT2D eigenvalue weighted by Gasteiger charge is -2.24. The largest absolute Gasteiger partial charge is 0.396 e. The van der Waals surface area contributed by atoms with E-state index in [9.17, 15) is 14.4 Å². The molecule has 1 aliphatic heterocycles. The minimum absolute atomic E-state index is 0.0688. The molecule has 0 atom stereocenters. The number of nitrogens with one attached hydrogen (secondary N) is 1. The van der Waals surface area contributed by atoms with Crippen molar-refractivity contribution < 1.29 is 14.4 Å². The van der Waals surface area contributed by atoms with Gasteiger partial charge < -0.3 is 10.6 Å². The summed E-state index contributed by atoms with van der Waals surface area (Å²) in [5.74, 6) is -1.52. The lowest BCUT2D eigenvalue weighted by atomic mass is 10.2. The van der Waals surface area contributed by atoms with Gasteiger partial charge in [0.1, 0.15) is 13.1 Å². The third-order valence-electron chi connectivity index (χ3n) is 2.55. The lowest BCUT2D eigenvalue weighted by Crippen LogP contribution is -2.53.